The van der Waals surface area contributed by atoms with Gasteiger partial charge in [-0.25, -0.2) is 9.59 Å². The molecule has 2 heterocycles. The molecule has 0 fully saturated rings. The van der Waals surface area contributed by atoms with Crippen LogP contribution >= 0.6 is 0 Å². The van der Waals surface area contributed by atoms with E-state index in [1.807, 2.05) is 80.6 Å². The molecule has 0 unspecified atom stereocenters. The molecule has 0 radical (unpaired) electrons. The van der Waals surface area contributed by atoms with Crippen LogP contribution in [0.15, 0.2) is 78.9 Å². The van der Waals surface area contributed by atoms with E-state index in [2.05, 4.69) is 21.3 Å². The van der Waals surface area contributed by atoms with Gasteiger partial charge >= 0.3 is 12.1 Å². The monoisotopic (exact) mass is 716 g/mol. The number of ether oxygens (including phenoxy) is 3. The van der Waals surface area contributed by atoms with Crippen molar-refractivity contribution >= 4 is 23.9 Å². The predicted molar refractivity (Wildman–Crippen MR) is 197 cm³/mol. The van der Waals surface area contributed by atoms with Gasteiger partial charge in [0, 0.05) is 13.0 Å². The molecule has 2 aliphatic rings. The quantitative estimate of drug-likeness (QED) is 0.193. The van der Waals surface area contributed by atoms with Crippen LogP contribution in [0.4, 0.5) is 4.79 Å². The van der Waals surface area contributed by atoms with E-state index >= 15 is 0 Å². The minimum Gasteiger partial charge on any atom is -0.467 e. The molecule has 12 nitrogen and oxygen atoms in total. The summed E-state index contributed by atoms with van der Waals surface area (Å²) >= 11 is 0. The number of benzene rings is 3. The van der Waals surface area contributed by atoms with E-state index in [9.17, 15) is 24.3 Å². The van der Waals surface area contributed by atoms with Crippen LogP contribution in [-0.4, -0.2) is 78.5 Å². The van der Waals surface area contributed by atoms with Crippen LogP contribution in [0.5, 0.6) is 11.5 Å². The highest BCUT2D eigenvalue weighted by Gasteiger charge is 2.33. The van der Waals surface area contributed by atoms with Crippen molar-refractivity contribution in [3.05, 3.63) is 95.6 Å². The number of methoxy groups -OCH3 is 1. The predicted octanol–water partition coefficient (Wildman–Crippen LogP) is 4.22. The average molecular weight is 717 g/mol. The lowest BCUT2D eigenvalue weighted by Gasteiger charge is -2.30. The molecule has 12 heteroatoms. The lowest BCUT2D eigenvalue weighted by atomic mass is 9.96. The molecule has 0 aliphatic carbocycles. The highest BCUT2D eigenvalue weighted by atomic mass is 16.6. The summed E-state index contributed by atoms with van der Waals surface area (Å²) in [6.45, 7) is 8.94. The van der Waals surface area contributed by atoms with Crippen molar-refractivity contribution in [2.24, 2.45) is 5.92 Å². The molecule has 4 bridgehead atoms. The van der Waals surface area contributed by atoms with E-state index in [-0.39, 0.29) is 25.3 Å². The van der Waals surface area contributed by atoms with Gasteiger partial charge in [0.05, 0.1) is 25.3 Å². The van der Waals surface area contributed by atoms with Crippen molar-refractivity contribution in [1.29, 1.82) is 0 Å². The van der Waals surface area contributed by atoms with Gasteiger partial charge in [0.2, 0.25) is 11.8 Å². The van der Waals surface area contributed by atoms with Crippen LogP contribution in [0.3, 0.4) is 0 Å². The normalized spacial score (nSPS) is 19.9. The smallest absolute Gasteiger partial charge is 0.407 e. The first-order valence-corrected chi connectivity index (χ1v) is 17.7. The van der Waals surface area contributed by atoms with Gasteiger partial charge in [-0.05, 0) is 80.5 Å². The molecule has 3 amide bonds. The molecular formula is C40H52N4O8. The largest absolute Gasteiger partial charge is 0.467 e. The van der Waals surface area contributed by atoms with Gasteiger partial charge in [0.15, 0.2) is 0 Å². The molecule has 2 aliphatic heterocycles. The van der Waals surface area contributed by atoms with E-state index in [1.165, 1.54) is 7.11 Å². The average Bonchev–Trinajstić information content (AvgIpc) is 3.11. The molecule has 3 aromatic rings. The van der Waals surface area contributed by atoms with Crippen LogP contribution < -0.4 is 26.0 Å². The number of aliphatic hydroxyl groups is 1. The third-order valence-corrected chi connectivity index (χ3v) is 8.89. The van der Waals surface area contributed by atoms with E-state index in [0.29, 0.717) is 24.3 Å². The Morgan fingerprint density at radius 1 is 0.923 bits per heavy atom. The third kappa shape index (κ3) is 12.1. The van der Waals surface area contributed by atoms with Gasteiger partial charge in [-0.3, -0.25) is 9.59 Å². The second kappa shape index (κ2) is 18.5. The Morgan fingerprint density at radius 2 is 1.63 bits per heavy atom. The number of amides is 3. The van der Waals surface area contributed by atoms with Crippen molar-refractivity contribution in [3.8, 4) is 11.5 Å². The van der Waals surface area contributed by atoms with Crippen LogP contribution in [0, 0.1) is 5.92 Å². The lowest BCUT2D eigenvalue weighted by molar-refractivity contribution is -0.145. The van der Waals surface area contributed by atoms with Crippen molar-refractivity contribution in [2.45, 2.75) is 96.2 Å². The molecule has 5 rings (SSSR count). The SMILES string of the molecule is CC[C@H](C)[C@@H]1NC(=O)[C@H](NC[C@H](O)[C@H](Cc2ccccc2)NC(=O)OC(C)(C)C)Cc2cccc(c2)Oc2ccc(cc2)C[C@H](C(=O)OC)NC1=O. The van der Waals surface area contributed by atoms with Crippen LogP contribution in [0.25, 0.3) is 0 Å². The zero-order valence-electron chi connectivity index (χ0n) is 30.8. The fourth-order valence-corrected chi connectivity index (χ4v) is 5.86. The number of esters is 1. The van der Waals surface area contributed by atoms with Gasteiger partial charge in [-0.1, -0.05) is 74.9 Å². The second-order valence-electron chi connectivity index (χ2n) is 14.2. The van der Waals surface area contributed by atoms with E-state index in [0.717, 1.165) is 16.7 Å². The number of fused-ring (bicyclic) bond motifs is 10. The highest BCUT2D eigenvalue weighted by molar-refractivity contribution is 5.92. The van der Waals surface area contributed by atoms with Crippen molar-refractivity contribution in [2.75, 3.05) is 13.7 Å². The molecule has 0 saturated heterocycles. The first-order valence-electron chi connectivity index (χ1n) is 17.7. The van der Waals surface area contributed by atoms with Gasteiger partial charge in [0.1, 0.15) is 29.2 Å². The molecule has 0 aromatic heterocycles. The molecule has 0 spiro atoms. The Bertz CT molecular complexity index is 1640. The standard InChI is InChI=1S/C40H52N4O8/c1-7-25(2)35-37(47)42-33(38(48)50-6)22-27-16-18-29(19-17-27)51-30-15-11-14-28(20-30)23-32(36(46)44-35)41-24-34(45)31(21-26-12-9-8-10-13-26)43-39(49)52-40(3,4)5/h8-20,25,31-35,41,45H,7,21-24H2,1-6H3,(H,42,47)(H,43,49)(H,44,46)/t25-,31-,32+,33+,34-,35-/m0/s1. The van der Waals surface area contributed by atoms with Crippen LogP contribution in [0.1, 0.15) is 57.7 Å². The minimum absolute atomic E-state index is 0.0850. The first-order chi connectivity index (χ1) is 24.7. The van der Waals surface area contributed by atoms with Crippen LogP contribution in [-0.2, 0) is 43.1 Å². The maximum absolute atomic E-state index is 14.2. The third-order valence-electron chi connectivity index (χ3n) is 8.89. The highest BCUT2D eigenvalue weighted by Crippen LogP contribution is 2.24. The number of rotatable bonds is 10. The van der Waals surface area contributed by atoms with Crippen molar-refractivity contribution < 1.29 is 38.5 Å². The van der Waals surface area contributed by atoms with E-state index < -0.39 is 59.7 Å². The number of carbonyl (C=O) groups excluding carboxylic acids is 4. The lowest BCUT2D eigenvalue weighted by Crippen LogP contribution is -2.59. The maximum atomic E-state index is 14.2. The summed E-state index contributed by atoms with van der Waals surface area (Å²) in [7, 11) is 1.26. The van der Waals surface area contributed by atoms with Gasteiger partial charge < -0.3 is 40.6 Å². The van der Waals surface area contributed by atoms with E-state index in [4.69, 9.17) is 14.2 Å². The fraction of sp³-hybridized carbons (Fsp3) is 0.450. The van der Waals surface area contributed by atoms with Crippen molar-refractivity contribution in [3.63, 3.8) is 0 Å². The fourth-order valence-electron chi connectivity index (χ4n) is 5.86. The number of hydrogen-bond acceptors (Lipinski definition) is 9. The zero-order chi connectivity index (χ0) is 37.8. The number of alkyl carbamates (subject to hydrolysis) is 1. The topological polar surface area (TPSA) is 164 Å². The number of hydrogen-bond donors (Lipinski definition) is 5. The summed E-state index contributed by atoms with van der Waals surface area (Å²) < 4.78 is 16.6. The van der Waals surface area contributed by atoms with Crippen LogP contribution in [0.2, 0.25) is 0 Å². The summed E-state index contributed by atoms with van der Waals surface area (Å²) in [4.78, 5) is 53.6. The second-order valence-corrected chi connectivity index (χ2v) is 14.2. The molecule has 0 saturated carbocycles. The Labute approximate surface area is 306 Å². The maximum Gasteiger partial charge on any atom is 0.407 e. The molecule has 280 valence electrons. The zero-order valence-corrected chi connectivity index (χ0v) is 30.8. The summed E-state index contributed by atoms with van der Waals surface area (Å²) in [5, 5.41) is 23.2. The molecular weight excluding hydrogens is 664 g/mol. The first kappa shape index (κ1) is 39.8. The number of carbonyl (C=O) groups is 4. The molecule has 5 N–H and O–H groups in total. The van der Waals surface area contributed by atoms with Crippen molar-refractivity contribution in [1.82, 2.24) is 21.3 Å². The molecule has 52 heavy (non-hydrogen) atoms. The Balaban J connectivity index is 1.65. The summed E-state index contributed by atoms with van der Waals surface area (Å²) in [6.07, 6.45) is -0.606. The minimum atomic E-state index is -1.14. The molecule has 3 aromatic carbocycles. The van der Waals surface area contributed by atoms with E-state index in [1.54, 1.807) is 32.9 Å². The van der Waals surface area contributed by atoms with Gasteiger partial charge in [-0.2, -0.15) is 0 Å². The Kier molecular flexibility index (Phi) is 14.2. The number of nitrogens with one attached hydrogen (secondary N) is 4. The van der Waals surface area contributed by atoms with Gasteiger partial charge in [-0.15, -0.1) is 0 Å². The summed E-state index contributed by atoms with van der Waals surface area (Å²) in [5.74, 6) is -0.786. The summed E-state index contributed by atoms with van der Waals surface area (Å²) in [6, 6.07) is 20.3. The summed E-state index contributed by atoms with van der Waals surface area (Å²) in [5.41, 5.74) is 1.69. The van der Waals surface area contributed by atoms with Gasteiger partial charge in [0.25, 0.3) is 0 Å². The Hall–Kier alpha value is -4.94. The number of aliphatic hydroxyl groups excluding tert-OH is 1. The Morgan fingerprint density at radius 3 is 2.29 bits per heavy atom. The molecule has 6 atom stereocenters.